The fraction of sp³-hybridized carbons (Fsp3) is 0.520. The van der Waals surface area contributed by atoms with Gasteiger partial charge in [-0.3, -0.25) is 4.79 Å². The van der Waals surface area contributed by atoms with Crippen LogP contribution in [0, 0.1) is 5.92 Å². The molecular formula is C25H30O12. The van der Waals surface area contributed by atoms with Gasteiger partial charge in [-0.15, -0.1) is 0 Å². The normalized spacial score (nSPS) is 32.2. The molecule has 0 aromatic heterocycles. The molecule has 0 radical (unpaired) electrons. The van der Waals surface area contributed by atoms with Crippen molar-refractivity contribution in [1.82, 2.24) is 0 Å². The SMILES string of the molecule is C=C(CC[C@@]12O[C@H](C(=O)O)[C@@](O)(C(=O)O)[C@@](C(=O)O)(C[C@H]1O)O2)[C@@H](OC(C)=O)[C@H](C)Cc1ccccc1. The third kappa shape index (κ3) is 4.85. The van der Waals surface area contributed by atoms with E-state index in [2.05, 4.69) is 6.58 Å². The Morgan fingerprint density at radius 3 is 2.27 bits per heavy atom. The van der Waals surface area contributed by atoms with Gasteiger partial charge in [0, 0.05) is 25.7 Å². The van der Waals surface area contributed by atoms with E-state index < -0.39 is 65.6 Å². The molecule has 202 valence electrons. The number of aliphatic carboxylic acids is 3. The summed E-state index contributed by atoms with van der Waals surface area (Å²) in [5, 5.41) is 50.6. The first-order valence-electron chi connectivity index (χ1n) is 11.6. The Morgan fingerprint density at radius 2 is 1.76 bits per heavy atom. The standard InChI is InChI=1S/C25H30O12/c1-13(18(35-15(3)26)14(2)11-16-7-5-4-6-8-16)9-10-24-17(27)12-23(37-24,21(30)31)25(34,22(32)33)19(36-24)20(28)29/h4-8,14,17-19,27,34H,1,9-12H2,2-3H3,(H,28,29)(H,30,31)(H,32,33)/t14-,17-,18-,19-,23+,24+,25-/m1/s1. The number of carbonyl (C=O) groups excluding carboxylic acids is 1. The minimum Gasteiger partial charge on any atom is -0.479 e. The lowest BCUT2D eigenvalue weighted by atomic mass is 9.76. The number of hydrogen-bond donors (Lipinski definition) is 5. The highest BCUT2D eigenvalue weighted by atomic mass is 16.8. The van der Waals surface area contributed by atoms with Crippen molar-refractivity contribution in [2.75, 3.05) is 0 Å². The monoisotopic (exact) mass is 522 g/mol. The third-order valence-electron chi connectivity index (χ3n) is 6.95. The predicted octanol–water partition coefficient (Wildman–Crippen LogP) is 0.733. The van der Waals surface area contributed by atoms with Gasteiger partial charge < -0.3 is 39.7 Å². The Kier molecular flexibility index (Phi) is 7.80. The number of aliphatic hydroxyl groups excluding tert-OH is 1. The zero-order chi connectivity index (χ0) is 27.8. The van der Waals surface area contributed by atoms with E-state index in [0.29, 0.717) is 12.0 Å². The molecule has 1 aromatic carbocycles. The van der Waals surface area contributed by atoms with Gasteiger partial charge >= 0.3 is 23.9 Å². The molecule has 0 unspecified atom stereocenters. The molecule has 2 bridgehead atoms. The summed E-state index contributed by atoms with van der Waals surface area (Å²) in [5.41, 5.74) is -5.21. The average Bonchev–Trinajstić information content (AvgIpc) is 3.09. The Hall–Kier alpha value is -3.32. The Morgan fingerprint density at radius 1 is 1.14 bits per heavy atom. The van der Waals surface area contributed by atoms with Gasteiger partial charge in [0.05, 0.1) is 0 Å². The summed E-state index contributed by atoms with van der Waals surface area (Å²) >= 11 is 0. The molecule has 12 heteroatoms. The van der Waals surface area contributed by atoms with E-state index >= 15 is 0 Å². The highest BCUT2D eigenvalue weighted by Crippen LogP contribution is 2.54. The van der Waals surface area contributed by atoms with Crippen molar-refractivity contribution in [2.24, 2.45) is 5.92 Å². The molecule has 3 rings (SSSR count). The maximum atomic E-state index is 12.2. The second-order valence-corrected chi connectivity index (χ2v) is 9.53. The Bertz CT molecular complexity index is 1090. The minimum atomic E-state index is -3.53. The molecule has 2 heterocycles. The van der Waals surface area contributed by atoms with Gasteiger partial charge in [-0.05, 0) is 24.0 Å². The zero-order valence-electron chi connectivity index (χ0n) is 20.3. The van der Waals surface area contributed by atoms with Crippen LogP contribution in [0.4, 0.5) is 0 Å². The molecule has 2 saturated heterocycles. The lowest BCUT2D eigenvalue weighted by molar-refractivity contribution is -0.372. The molecule has 37 heavy (non-hydrogen) atoms. The summed E-state index contributed by atoms with van der Waals surface area (Å²) in [5.74, 6) is -9.22. The van der Waals surface area contributed by atoms with Crippen molar-refractivity contribution < 1.29 is 58.9 Å². The number of fused-ring (bicyclic) bond motifs is 2. The number of carbonyl (C=O) groups is 4. The molecule has 0 saturated carbocycles. The second-order valence-electron chi connectivity index (χ2n) is 9.53. The largest absolute Gasteiger partial charge is 0.479 e. The second kappa shape index (κ2) is 10.2. The van der Waals surface area contributed by atoms with Crippen LogP contribution in [0.3, 0.4) is 0 Å². The molecule has 7 atom stereocenters. The maximum absolute atomic E-state index is 12.2. The van der Waals surface area contributed by atoms with Crippen LogP contribution < -0.4 is 0 Å². The summed E-state index contributed by atoms with van der Waals surface area (Å²) in [6.45, 7) is 7.04. The quantitative estimate of drug-likeness (QED) is 0.202. The van der Waals surface area contributed by atoms with Crippen molar-refractivity contribution in [3.8, 4) is 0 Å². The molecule has 0 aliphatic carbocycles. The number of benzene rings is 1. The van der Waals surface area contributed by atoms with Crippen molar-refractivity contribution in [2.45, 2.75) is 74.8 Å². The topological polar surface area (TPSA) is 197 Å². The van der Waals surface area contributed by atoms with Gasteiger partial charge in [-0.2, -0.15) is 0 Å². The van der Waals surface area contributed by atoms with E-state index in [-0.39, 0.29) is 18.8 Å². The van der Waals surface area contributed by atoms with Crippen molar-refractivity contribution in [3.63, 3.8) is 0 Å². The summed E-state index contributed by atoms with van der Waals surface area (Å²) in [6, 6.07) is 9.40. The first-order valence-corrected chi connectivity index (χ1v) is 11.6. The van der Waals surface area contributed by atoms with E-state index in [4.69, 9.17) is 14.2 Å². The molecule has 0 amide bonds. The van der Waals surface area contributed by atoms with Crippen LogP contribution in [0.2, 0.25) is 0 Å². The van der Waals surface area contributed by atoms with Gasteiger partial charge in [0.2, 0.25) is 17.3 Å². The third-order valence-corrected chi connectivity index (χ3v) is 6.95. The Labute approximate surface area is 212 Å². The van der Waals surface area contributed by atoms with Crippen LogP contribution in [0.15, 0.2) is 42.5 Å². The zero-order valence-corrected chi connectivity index (χ0v) is 20.3. The van der Waals surface area contributed by atoms with E-state index in [9.17, 15) is 44.7 Å². The summed E-state index contributed by atoms with van der Waals surface area (Å²) in [4.78, 5) is 47.7. The Balaban J connectivity index is 1.88. The first kappa shape index (κ1) is 28.3. The molecule has 2 aliphatic heterocycles. The summed E-state index contributed by atoms with van der Waals surface area (Å²) in [6.07, 6.45) is -6.04. The molecule has 2 fully saturated rings. The lowest BCUT2D eigenvalue weighted by Crippen LogP contribution is -2.75. The number of rotatable bonds is 11. The van der Waals surface area contributed by atoms with Crippen LogP contribution in [0.1, 0.15) is 38.7 Å². The van der Waals surface area contributed by atoms with Crippen LogP contribution in [0.25, 0.3) is 0 Å². The maximum Gasteiger partial charge on any atom is 0.342 e. The van der Waals surface area contributed by atoms with Crippen molar-refractivity contribution in [3.05, 3.63) is 48.0 Å². The number of ether oxygens (including phenoxy) is 3. The highest BCUT2D eigenvalue weighted by Gasteiger charge is 2.80. The highest BCUT2D eigenvalue weighted by molar-refractivity contribution is 5.97. The fourth-order valence-corrected chi connectivity index (χ4v) is 5.10. The summed E-state index contributed by atoms with van der Waals surface area (Å²) in [7, 11) is 0. The number of carboxylic acid groups (broad SMARTS) is 3. The van der Waals surface area contributed by atoms with E-state index in [1.54, 1.807) is 0 Å². The van der Waals surface area contributed by atoms with Crippen LogP contribution in [-0.4, -0.2) is 84.7 Å². The molecule has 0 spiro atoms. The first-order chi connectivity index (χ1) is 17.2. The number of aliphatic hydroxyl groups is 2. The van der Waals surface area contributed by atoms with Gasteiger partial charge in [-0.1, -0.05) is 43.8 Å². The predicted molar refractivity (Wildman–Crippen MR) is 123 cm³/mol. The lowest BCUT2D eigenvalue weighted by Gasteiger charge is -2.48. The smallest absolute Gasteiger partial charge is 0.342 e. The van der Waals surface area contributed by atoms with E-state index in [1.165, 1.54) is 6.92 Å². The van der Waals surface area contributed by atoms with Gasteiger partial charge in [0.25, 0.3) is 0 Å². The fourth-order valence-electron chi connectivity index (χ4n) is 5.10. The number of carboxylic acids is 3. The van der Waals surface area contributed by atoms with Crippen molar-refractivity contribution in [1.29, 1.82) is 0 Å². The molecule has 2 aliphatic rings. The average molecular weight is 523 g/mol. The van der Waals surface area contributed by atoms with E-state index in [1.807, 2.05) is 37.3 Å². The number of esters is 1. The molecular weight excluding hydrogens is 492 g/mol. The molecule has 5 N–H and O–H groups in total. The summed E-state index contributed by atoms with van der Waals surface area (Å²) < 4.78 is 16.3. The van der Waals surface area contributed by atoms with Crippen LogP contribution in [0.5, 0.6) is 0 Å². The van der Waals surface area contributed by atoms with Crippen LogP contribution >= 0.6 is 0 Å². The van der Waals surface area contributed by atoms with E-state index in [0.717, 1.165) is 5.56 Å². The van der Waals surface area contributed by atoms with Crippen molar-refractivity contribution >= 4 is 23.9 Å². The van der Waals surface area contributed by atoms with Gasteiger partial charge in [-0.25, -0.2) is 14.4 Å². The van der Waals surface area contributed by atoms with Gasteiger partial charge in [0.1, 0.15) is 12.2 Å². The van der Waals surface area contributed by atoms with Crippen LogP contribution in [-0.2, 0) is 39.8 Å². The van der Waals surface area contributed by atoms with Gasteiger partial charge in [0.15, 0.2) is 5.79 Å². The minimum absolute atomic E-state index is 0.0817. The molecule has 1 aromatic rings. The number of hydrogen-bond acceptors (Lipinski definition) is 9. The molecule has 12 nitrogen and oxygen atoms in total.